The molecule has 1 atom stereocenters. The van der Waals surface area contributed by atoms with Gasteiger partial charge in [-0.3, -0.25) is 4.79 Å². The van der Waals surface area contributed by atoms with Crippen molar-refractivity contribution >= 4 is 17.2 Å². The van der Waals surface area contributed by atoms with E-state index in [1.165, 1.54) is 10.4 Å². The van der Waals surface area contributed by atoms with E-state index in [0.717, 1.165) is 19.4 Å². The number of thiophene rings is 1. The van der Waals surface area contributed by atoms with Crippen molar-refractivity contribution in [2.75, 3.05) is 6.54 Å². The zero-order chi connectivity index (χ0) is 14.8. The fourth-order valence-electron chi connectivity index (χ4n) is 2.83. The molecule has 3 rings (SSSR count). The summed E-state index contributed by atoms with van der Waals surface area (Å²) in [5, 5.41) is 5.87. The lowest BCUT2D eigenvalue weighted by Crippen LogP contribution is -2.38. The van der Waals surface area contributed by atoms with Crippen LogP contribution in [0.3, 0.4) is 0 Å². The van der Waals surface area contributed by atoms with E-state index in [9.17, 15) is 4.79 Å². The van der Waals surface area contributed by atoms with Gasteiger partial charge in [0.15, 0.2) is 5.82 Å². The number of amides is 1. The second-order valence-corrected chi connectivity index (χ2v) is 6.40. The first kappa shape index (κ1) is 14.3. The van der Waals surface area contributed by atoms with Gasteiger partial charge in [0.2, 0.25) is 11.8 Å². The Labute approximate surface area is 128 Å². The largest absolute Gasteiger partial charge is 0.339 e. The van der Waals surface area contributed by atoms with Gasteiger partial charge in [0.1, 0.15) is 0 Å². The number of aryl methyl sites for hydroxylation is 2. The van der Waals surface area contributed by atoms with Crippen molar-refractivity contribution in [1.82, 2.24) is 15.0 Å². The maximum atomic E-state index is 12.4. The molecule has 0 unspecified atom stereocenters. The zero-order valence-corrected chi connectivity index (χ0v) is 13.2. The SMILES string of the molecule is Cc1noc(CCCC(=O)N2CCc3sccc3[C@@H]2C)n1. The number of rotatable bonds is 4. The van der Waals surface area contributed by atoms with E-state index in [0.29, 0.717) is 24.6 Å². The lowest BCUT2D eigenvalue weighted by atomic mass is 10.0. The molecular weight excluding hydrogens is 286 g/mol. The number of fused-ring (bicyclic) bond motifs is 1. The standard InChI is InChI=1S/C15H19N3O2S/c1-10-12-7-9-21-13(12)6-8-18(10)15(19)5-3-4-14-16-11(2)17-20-14/h7,9-10H,3-6,8H2,1-2H3/t10-/m0/s1. The van der Waals surface area contributed by atoms with Crippen LogP contribution in [-0.4, -0.2) is 27.5 Å². The molecule has 3 heterocycles. The predicted octanol–water partition coefficient (Wildman–Crippen LogP) is 2.91. The maximum absolute atomic E-state index is 12.4. The molecule has 21 heavy (non-hydrogen) atoms. The van der Waals surface area contributed by atoms with E-state index in [1.807, 2.05) is 4.90 Å². The molecule has 0 saturated carbocycles. The molecule has 0 saturated heterocycles. The fourth-order valence-corrected chi connectivity index (χ4v) is 3.79. The summed E-state index contributed by atoms with van der Waals surface area (Å²) in [6.07, 6.45) is 2.93. The molecule has 6 heteroatoms. The molecule has 112 valence electrons. The Morgan fingerprint density at radius 1 is 1.57 bits per heavy atom. The zero-order valence-electron chi connectivity index (χ0n) is 12.3. The summed E-state index contributed by atoms with van der Waals surface area (Å²) in [4.78, 5) is 20.0. The molecule has 0 N–H and O–H groups in total. The first-order chi connectivity index (χ1) is 10.1. The van der Waals surface area contributed by atoms with E-state index < -0.39 is 0 Å². The van der Waals surface area contributed by atoms with Crippen LogP contribution in [0.1, 0.15) is 48.0 Å². The van der Waals surface area contributed by atoms with Gasteiger partial charge >= 0.3 is 0 Å². The average Bonchev–Trinajstić information content (AvgIpc) is 3.08. The van der Waals surface area contributed by atoms with Gasteiger partial charge in [-0.1, -0.05) is 5.16 Å². The highest BCUT2D eigenvalue weighted by molar-refractivity contribution is 7.10. The molecule has 0 aromatic carbocycles. The van der Waals surface area contributed by atoms with Gasteiger partial charge in [0, 0.05) is 24.3 Å². The summed E-state index contributed by atoms with van der Waals surface area (Å²) in [7, 11) is 0. The third-order valence-corrected chi connectivity index (χ3v) is 4.95. The van der Waals surface area contributed by atoms with Gasteiger partial charge in [-0.2, -0.15) is 4.98 Å². The van der Waals surface area contributed by atoms with Crippen LogP contribution >= 0.6 is 11.3 Å². The quantitative estimate of drug-likeness (QED) is 0.871. The van der Waals surface area contributed by atoms with Gasteiger partial charge in [0.05, 0.1) is 6.04 Å². The lowest BCUT2D eigenvalue weighted by Gasteiger charge is -2.33. The molecule has 0 aliphatic carbocycles. The first-order valence-electron chi connectivity index (χ1n) is 7.30. The Bertz CT molecular complexity index is 634. The van der Waals surface area contributed by atoms with Crippen molar-refractivity contribution in [2.45, 2.75) is 45.6 Å². The molecule has 0 spiro atoms. The number of hydrogen-bond donors (Lipinski definition) is 0. The molecule has 2 aromatic rings. The summed E-state index contributed by atoms with van der Waals surface area (Å²) in [6.45, 7) is 4.74. The van der Waals surface area contributed by atoms with Gasteiger partial charge in [-0.05, 0) is 43.7 Å². The van der Waals surface area contributed by atoms with Crippen LogP contribution in [0.2, 0.25) is 0 Å². The summed E-state index contributed by atoms with van der Waals surface area (Å²) < 4.78 is 5.06. The van der Waals surface area contributed by atoms with Crippen LogP contribution in [0, 0.1) is 6.92 Å². The van der Waals surface area contributed by atoms with E-state index in [2.05, 4.69) is 28.5 Å². The van der Waals surface area contributed by atoms with Gasteiger partial charge in [0.25, 0.3) is 0 Å². The van der Waals surface area contributed by atoms with Crippen LogP contribution in [0.15, 0.2) is 16.0 Å². The number of nitrogens with zero attached hydrogens (tertiary/aromatic N) is 3. The third kappa shape index (κ3) is 3.00. The maximum Gasteiger partial charge on any atom is 0.226 e. The normalized spacial score (nSPS) is 17.8. The molecule has 1 aliphatic rings. The van der Waals surface area contributed by atoms with E-state index in [-0.39, 0.29) is 11.9 Å². The van der Waals surface area contributed by atoms with Crippen molar-refractivity contribution in [3.05, 3.63) is 33.6 Å². The van der Waals surface area contributed by atoms with Crippen LogP contribution in [-0.2, 0) is 17.6 Å². The highest BCUT2D eigenvalue weighted by atomic mass is 32.1. The van der Waals surface area contributed by atoms with Crippen molar-refractivity contribution in [3.8, 4) is 0 Å². The third-order valence-electron chi connectivity index (χ3n) is 3.95. The van der Waals surface area contributed by atoms with Crippen molar-refractivity contribution in [3.63, 3.8) is 0 Å². The summed E-state index contributed by atoms with van der Waals surface area (Å²) in [5.74, 6) is 1.48. The smallest absolute Gasteiger partial charge is 0.226 e. The average molecular weight is 305 g/mol. The summed E-state index contributed by atoms with van der Waals surface area (Å²) in [5.41, 5.74) is 1.31. The van der Waals surface area contributed by atoms with E-state index >= 15 is 0 Å². The number of carbonyl (C=O) groups is 1. The van der Waals surface area contributed by atoms with Crippen molar-refractivity contribution in [2.24, 2.45) is 0 Å². The van der Waals surface area contributed by atoms with Crippen LogP contribution in [0.4, 0.5) is 0 Å². The Balaban J connectivity index is 1.54. The minimum absolute atomic E-state index is 0.193. The fraction of sp³-hybridized carbons (Fsp3) is 0.533. The second kappa shape index (κ2) is 5.97. The topological polar surface area (TPSA) is 59.2 Å². The lowest BCUT2D eigenvalue weighted by molar-refractivity contribution is -0.133. The number of aromatic nitrogens is 2. The van der Waals surface area contributed by atoms with Crippen molar-refractivity contribution < 1.29 is 9.32 Å². The van der Waals surface area contributed by atoms with Gasteiger partial charge in [-0.15, -0.1) is 11.3 Å². The van der Waals surface area contributed by atoms with Crippen LogP contribution < -0.4 is 0 Å². The summed E-state index contributed by atoms with van der Waals surface area (Å²) in [6, 6.07) is 2.34. The van der Waals surface area contributed by atoms with Gasteiger partial charge < -0.3 is 9.42 Å². The first-order valence-corrected chi connectivity index (χ1v) is 8.18. The van der Waals surface area contributed by atoms with Crippen molar-refractivity contribution in [1.29, 1.82) is 0 Å². The highest BCUT2D eigenvalue weighted by Crippen LogP contribution is 2.33. The molecule has 2 aromatic heterocycles. The van der Waals surface area contributed by atoms with E-state index in [1.54, 1.807) is 18.3 Å². The minimum Gasteiger partial charge on any atom is -0.339 e. The molecule has 0 fully saturated rings. The van der Waals surface area contributed by atoms with Crippen LogP contribution in [0.25, 0.3) is 0 Å². The molecule has 1 aliphatic heterocycles. The van der Waals surface area contributed by atoms with E-state index in [4.69, 9.17) is 4.52 Å². The molecule has 0 bridgehead atoms. The highest BCUT2D eigenvalue weighted by Gasteiger charge is 2.27. The molecule has 5 nitrogen and oxygen atoms in total. The molecule has 0 radical (unpaired) electrons. The monoisotopic (exact) mass is 305 g/mol. The number of hydrogen-bond acceptors (Lipinski definition) is 5. The van der Waals surface area contributed by atoms with Crippen LogP contribution in [0.5, 0.6) is 0 Å². The predicted molar refractivity (Wildman–Crippen MR) is 80.1 cm³/mol. The molecular formula is C15H19N3O2S. The second-order valence-electron chi connectivity index (χ2n) is 5.40. The minimum atomic E-state index is 0.193. The Morgan fingerprint density at radius 2 is 2.43 bits per heavy atom. The van der Waals surface area contributed by atoms with Gasteiger partial charge in [-0.25, -0.2) is 0 Å². The Morgan fingerprint density at radius 3 is 3.19 bits per heavy atom. The summed E-state index contributed by atoms with van der Waals surface area (Å²) >= 11 is 1.79. The molecule has 1 amide bonds. The number of carbonyl (C=O) groups excluding carboxylic acids is 1. The Kier molecular flexibility index (Phi) is 4.05. The Hall–Kier alpha value is -1.69.